The van der Waals surface area contributed by atoms with E-state index in [4.69, 9.17) is 0 Å². The summed E-state index contributed by atoms with van der Waals surface area (Å²) in [4.78, 5) is 0. The molecule has 2 heterocycles. The van der Waals surface area contributed by atoms with Gasteiger partial charge in [0.1, 0.15) is 0 Å². The highest BCUT2D eigenvalue weighted by molar-refractivity contribution is 6.24. The number of hydrogen-bond donors (Lipinski definition) is 0. The van der Waals surface area contributed by atoms with Gasteiger partial charge in [0.15, 0.2) is 0 Å². The lowest BCUT2D eigenvalue weighted by molar-refractivity contribution is 1.36. The second-order valence-electron chi connectivity index (χ2n) is 11.9. The Balaban J connectivity index is 1.33. The minimum absolute atomic E-state index is 0.615. The molecular formula is C44H25N3. The number of benzene rings is 7. The Morgan fingerprint density at radius 3 is 1.19 bits per heavy atom. The molecule has 0 atom stereocenters. The predicted molar refractivity (Wildman–Crippen MR) is 192 cm³/mol. The van der Waals surface area contributed by atoms with Crippen molar-refractivity contribution in [3.63, 3.8) is 0 Å². The first-order valence-corrected chi connectivity index (χ1v) is 15.6. The third-order valence-corrected chi connectivity index (χ3v) is 9.44. The van der Waals surface area contributed by atoms with Crippen molar-refractivity contribution in [2.24, 2.45) is 0 Å². The highest BCUT2D eigenvalue weighted by Gasteiger charge is 2.22. The number of hydrogen-bond acceptors (Lipinski definition) is 2. The van der Waals surface area contributed by atoms with Crippen LogP contribution in [0.15, 0.2) is 152 Å². The van der Waals surface area contributed by atoms with E-state index in [1.54, 1.807) is 0 Å². The Morgan fingerprint density at radius 2 is 0.766 bits per heavy atom. The minimum atomic E-state index is 0.615. The van der Waals surface area contributed by atoms with Gasteiger partial charge in [-0.25, -0.2) is 0 Å². The van der Waals surface area contributed by atoms with E-state index in [9.17, 15) is 10.5 Å². The maximum absolute atomic E-state index is 10.5. The molecule has 7 aromatic carbocycles. The number of para-hydroxylation sites is 1. The van der Waals surface area contributed by atoms with E-state index in [1.807, 2.05) is 72.8 Å². The first-order chi connectivity index (χ1) is 23.2. The molecule has 0 aliphatic carbocycles. The highest BCUT2D eigenvalue weighted by atomic mass is 14.9. The van der Waals surface area contributed by atoms with Gasteiger partial charge < -0.3 is 4.40 Å². The van der Waals surface area contributed by atoms with Gasteiger partial charge in [-0.05, 0) is 57.6 Å². The molecule has 0 saturated carbocycles. The van der Waals surface area contributed by atoms with Gasteiger partial charge in [0.05, 0.1) is 39.8 Å². The predicted octanol–water partition coefficient (Wildman–Crippen LogP) is 11.2. The Bertz CT molecular complexity index is 2550. The molecule has 0 spiro atoms. The van der Waals surface area contributed by atoms with Crippen molar-refractivity contribution in [3.05, 3.63) is 163 Å². The minimum Gasteiger partial charge on any atom is -0.308 e. The SMILES string of the molecule is N#Cc1cc2c(cc1-c1ccccc1-c1ccccc1)c1cccc3c4cc(-c5ccccc5-c5ccccc5)c(C#N)cc4n2c13. The fourth-order valence-corrected chi connectivity index (χ4v) is 7.37. The van der Waals surface area contributed by atoms with Crippen LogP contribution in [0.25, 0.3) is 82.6 Å². The molecule has 0 aliphatic heterocycles. The summed E-state index contributed by atoms with van der Waals surface area (Å²) in [6.45, 7) is 0. The van der Waals surface area contributed by atoms with Gasteiger partial charge in [-0.2, -0.15) is 10.5 Å². The number of nitriles is 2. The number of rotatable bonds is 4. The van der Waals surface area contributed by atoms with Gasteiger partial charge in [0, 0.05) is 32.7 Å². The van der Waals surface area contributed by atoms with Crippen molar-refractivity contribution >= 4 is 38.1 Å². The fraction of sp³-hybridized carbons (Fsp3) is 0. The number of aromatic nitrogens is 1. The van der Waals surface area contributed by atoms with Crippen LogP contribution in [0, 0.1) is 22.7 Å². The Labute approximate surface area is 271 Å². The van der Waals surface area contributed by atoms with Crippen LogP contribution in [0.1, 0.15) is 11.1 Å². The fourth-order valence-electron chi connectivity index (χ4n) is 7.37. The second-order valence-corrected chi connectivity index (χ2v) is 11.9. The molecular weight excluding hydrogens is 571 g/mol. The van der Waals surface area contributed by atoms with Crippen LogP contribution in [0.3, 0.4) is 0 Å². The lowest BCUT2D eigenvalue weighted by atomic mass is 9.90. The summed E-state index contributed by atoms with van der Waals surface area (Å²) in [5.74, 6) is 0. The molecule has 0 radical (unpaired) electrons. The molecule has 9 rings (SSSR count). The summed E-state index contributed by atoms with van der Waals surface area (Å²) >= 11 is 0. The van der Waals surface area contributed by atoms with Gasteiger partial charge in [0.2, 0.25) is 0 Å². The van der Waals surface area contributed by atoms with Crippen LogP contribution >= 0.6 is 0 Å². The average Bonchev–Trinajstić information content (AvgIpc) is 3.65. The monoisotopic (exact) mass is 595 g/mol. The van der Waals surface area contributed by atoms with Gasteiger partial charge in [-0.15, -0.1) is 0 Å². The topological polar surface area (TPSA) is 52.0 Å². The van der Waals surface area contributed by atoms with Crippen LogP contribution in [0.2, 0.25) is 0 Å². The summed E-state index contributed by atoms with van der Waals surface area (Å²) < 4.78 is 2.25. The van der Waals surface area contributed by atoms with Crippen molar-refractivity contribution in [1.82, 2.24) is 4.40 Å². The van der Waals surface area contributed by atoms with Gasteiger partial charge in [-0.1, -0.05) is 127 Å². The second kappa shape index (κ2) is 10.5. The molecule has 3 heteroatoms. The molecule has 47 heavy (non-hydrogen) atoms. The van der Waals surface area contributed by atoms with E-state index in [1.165, 1.54) is 0 Å². The van der Waals surface area contributed by atoms with E-state index in [0.717, 1.165) is 82.6 Å². The van der Waals surface area contributed by atoms with Crippen molar-refractivity contribution in [2.75, 3.05) is 0 Å². The quantitative estimate of drug-likeness (QED) is 0.203. The molecule has 0 bridgehead atoms. The van der Waals surface area contributed by atoms with Crippen LogP contribution in [0.5, 0.6) is 0 Å². The van der Waals surface area contributed by atoms with Crippen LogP contribution < -0.4 is 0 Å². The Kier molecular flexibility index (Phi) is 5.94. The van der Waals surface area contributed by atoms with Crippen molar-refractivity contribution < 1.29 is 0 Å². The number of fused-ring (bicyclic) bond motifs is 6. The van der Waals surface area contributed by atoms with Gasteiger partial charge in [-0.3, -0.25) is 0 Å². The van der Waals surface area contributed by atoms with E-state index < -0.39 is 0 Å². The maximum Gasteiger partial charge on any atom is 0.0998 e. The van der Waals surface area contributed by atoms with E-state index in [0.29, 0.717) is 11.1 Å². The standard InChI is InChI=1S/C44H25N3/c45-26-30-22-42-40(24-38(30)34-18-9-7-16-32(34)28-12-3-1-4-13-28)36-20-11-21-37-41-25-39(31(27-46)23-43(41)47(42)44(36)37)35-19-10-8-17-33(35)29-14-5-2-6-15-29/h1-25H. The zero-order chi connectivity index (χ0) is 31.5. The number of nitrogens with zero attached hydrogens (tertiary/aromatic N) is 3. The molecule has 0 saturated heterocycles. The summed E-state index contributed by atoms with van der Waals surface area (Å²) in [5, 5.41) is 25.4. The molecule has 0 fully saturated rings. The van der Waals surface area contributed by atoms with Crippen molar-refractivity contribution in [3.8, 4) is 56.6 Å². The third kappa shape index (κ3) is 3.98. The van der Waals surface area contributed by atoms with Gasteiger partial charge in [0.25, 0.3) is 0 Å². The first-order valence-electron chi connectivity index (χ1n) is 15.6. The molecule has 9 aromatic rings. The van der Waals surface area contributed by atoms with Crippen molar-refractivity contribution in [1.29, 1.82) is 10.5 Å². The zero-order valence-corrected chi connectivity index (χ0v) is 25.3. The average molecular weight is 596 g/mol. The third-order valence-electron chi connectivity index (χ3n) is 9.44. The molecule has 2 aromatic heterocycles. The molecule has 0 unspecified atom stereocenters. The molecule has 0 aliphatic rings. The van der Waals surface area contributed by atoms with Crippen LogP contribution in [0.4, 0.5) is 0 Å². The van der Waals surface area contributed by atoms with Crippen LogP contribution in [-0.4, -0.2) is 4.40 Å². The lowest BCUT2D eigenvalue weighted by Crippen LogP contribution is -1.92. The molecule has 3 nitrogen and oxygen atoms in total. The Morgan fingerprint density at radius 1 is 0.362 bits per heavy atom. The van der Waals surface area contributed by atoms with E-state index >= 15 is 0 Å². The summed E-state index contributed by atoms with van der Waals surface area (Å²) in [6, 6.07) is 57.1. The lowest BCUT2D eigenvalue weighted by Gasteiger charge is -2.13. The van der Waals surface area contributed by atoms with Crippen LogP contribution in [-0.2, 0) is 0 Å². The maximum atomic E-state index is 10.5. The highest BCUT2D eigenvalue weighted by Crippen LogP contribution is 2.45. The molecule has 216 valence electrons. The van der Waals surface area contributed by atoms with Gasteiger partial charge >= 0.3 is 0 Å². The zero-order valence-electron chi connectivity index (χ0n) is 25.3. The van der Waals surface area contributed by atoms with E-state index in [-0.39, 0.29) is 0 Å². The summed E-state index contributed by atoms with van der Waals surface area (Å²) in [5.41, 5.74) is 12.5. The summed E-state index contributed by atoms with van der Waals surface area (Å²) in [6.07, 6.45) is 0. The van der Waals surface area contributed by atoms with Crippen molar-refractivity contribution in [2.45, 2.75) is 0 Å². The molecule has 0 amide bonds. The first kappa shape index (κ1) is 26.7. The Hall–Kier alpha value is -6.68. The smallest absolute Gasteiger partial charge is 0.0998 e. The molecule has 0 N–H and O–H groups in total. The largest absolute Gasteiger partial charge is 0.308 e. The summed E-state index contributed by atoms with van der Waals surface area (Å²) in [7, 11) is 0. The normalized spacial score (nSPS) is 11.4. The van der Waals surface area contributed by atoms with E-state index in [2.05, 4.69) is 95.4 Å².